The van der Waals surface area contributed by atoms with E-state index < -0.39 is 12.1 Å². The van der Waals surface area contributed by atoms with Crippen LogP contribution in [0.25, 0.3) is 0 Å². The molecular weight excluding hydrogens is 272 g/mol. The lowest BCUT2D eigenvalue weighted by Crippen LogP contribution is -2.29. The lowest BCUT2D eigenvalue weighted by atomic mass is 10.1. The third kappa shape index (κ3) is 4.03. The van der Waals surface area contributed by atoms with Crippen molar-refractivity contribution in [1.82, 2.24) is 0 Å². The second-order valence-corrected chi connectivity index (χ2v) is 4.85. The van der Waals surface area contributed by atoms with Gasteiger partial charge in [0.1, 0.15) is 6.10 Å². The number of amides is 1. The van der Waals surface area contributed by atoms with Crippen molar-refractivity contribution >= 4 is 17.6 Å². The molecule has 2 rings (SSSR count). The first-order chi connectivity index (χ1) is 10.1. The van der Waals surface area contributed by atoms with Gasteiger partial charge in [-0.25, -0.2) is 4.79 Å². The van der Waals surface area contributed by atoms with Crippen molar-refractivity contribution in [2.75, 3.05) is 18.5 Å². The Labute approximate surface area is 123 Å². The minimum absolute atomic E-state index is 0.0494. The highest BCUT2D eigenvalue weighted by Crippen LogP contribution is 2.21. The fourth-order valence-corrected chi connectivity index (χ4v) is 2.23. The lowest BCUT2D eigenvalue weighted by molar-refractivity contribution is -0.126. The van der Waals surface area contributed by atoms with Gasteiger partial charge in [-0.15, -0.1) is 0 Å². The largest absolute Gasteiger partial charge is 0.462 e. The quantitative estimate of drug-likeness (QED) is 0.798. The Morgan fingerprint density at radius 1 is 1.43 bits per heavy atom. The van der Waals surface area contributed by atoms with Crippen LogP contribution in [0.1, 0.15) is 30.1 Å². The van der Waals surface area contributed by atoms with Gasteiger partial charge >= 0.3 is 5.97 Å². The highest BCUT2D eigenvalue weighted by molar-refractivity contribution is 5.96. The number of rotatable bonds is 5. The maximum Gasteiger partial charge on any atom is 0.338 e. The summed E-state index contributed by atoms with van der Waals surface area (Å²) in [5, 5.41) is 2.75. The van der Waals surface area contributed by atoms with Gasteiger partial charge < -0.3 is 20.5 Å². The average molecular weight is 292 g/mol. The summed E-state index contributed by atoms with van der Waals surface area (Å²) >= 11 is 0. The first-order valence-electron chi connectivity index (χ1n) is 7.07. The van der Waals surface area contributed by atoms with Crippen molar-refractivity contribution in [3.8, 4) is 0 Å². The third-order valence-electron chi connectivity index (χ3n) is 3.30. The minimum Gasteiger partial charge on any atom is -0.462 e. The minimum atomic E-state index is -0.482. The van der Waals surface area contributed by atoms with E-state index >= 15 is 0 Å². The highest BCUT2D eigenvalue weighted by Gasteiger charge is 2.29. The summed E-state index contributed by atoms with van der Waals surface area (Å²) in [5.74, 6) is -0.624. The van der Waals surface area contributed by atoms with Crippen LogP contribution in [0.5, 0.6) is 0 Å². The van der Waals surface area contributed by atoms with Gasteiger partial charge in [-0.2, -0.15) is 0 Å². The van der Waals surface area contributed by atoms with E-state index in [2.05, 4.69) is 5.32 Å². The Kier molecular flexibility index (Phi) is 5.30. The van der Waals surface area contributed by atoms with E-state index in [-0.39, 0.29) is 12.0 Å². The molecule has 1 amide bonds. The van der Waals surface area contributed by atoms with E-state index in [0.717, 1.165) is 6.42 Å². The number of esters is 1. The van der Waals surface area contributed by atoms with Crippen LogP contribution in [0.3, 0.4) is 0 Å². The predicted octanol–water partition coefficient (Wildman–Crippen LogP) is 1.31. The molecule has 0 spiro atoms. The van der Waals surface area contributed by atoms with Crippen LogP contribution in [0.4, 0.5) is 5.69 Å². The summed E-state index contributed by atoms with van der Waals surface area (Å²) in [5.41, 5.74) is 6.47. The molecule has 21 heavy (non-hydrogen) atoms. The maximum atomic E-state index is 12.1. The maximum absolute atomic E-state index is 12.1. The monoisotopic (exact) mass is 292 g/mol. The van der Waals surface area contributed by atoms with Gasteiger partial charge in [0.05, 0.1) is 18.3 Å². The van der Waals surface area contributed by atoms with Gasteiger partial charge in [-0.1, -0.05) is 6.07 Å². The van der Waals surface area contributed by atoms with Crippen molar-refractivity contribution in [2.24, 2.45) is 5.73 Å². The number of hydrogen-bond acceptors (Lipinski definition) is 5. The molecule has 0 radical (unpaired) electrons. The average Bonchev–Trinajstić information content (AvgIpc) is 2.97. The Hall–Kier alpha value is -1.92. The van der Waals surface area contributed by atoms with Crippen molar-refractivity contribution in [3.05, 3.63) is 29.8 Å². The van der Waals surface area contributed by atoms with E-state index in [1.807, 2.05) is 0 Å². The molecule has 1 saturated heterocycles. The molecule has 0 bridgehead atoms. The second kappa shape index (κ2) is 7.19. The first kappa shape index (κ1) is 15.5. The normalized spacial score (nSPS) is 21.0. The molecule has 2 atom stereocenters. The van der Waals surface area contributed by atoms with Gasteiger partial charge in [-0.3, -0.25) is 4.79 Å². The molecule has 1 fully saturated rings. The number of hydrogen-bond donors (Lipinski definition) is 2. The van der Waals surface area contributed by atoms with Crippen LogP contribution in [-0.2, 0) is 14.3 Å². The molecular formula is C15H20N2O4. The number of carbonyl (C=O) groups is 2. The summed E-state index contributed by atoms with van der Waals surface area (Å²) in [4.78, 5) is 23.7. The molecule has 0 unspecified atom stereocenters. The zero-order chi connectivity index (χ0) is 15.2. The van der Waals surface area contributed by atoms with E-state index in [0.29, 0.717) is 30.8 Å². The van der Waals surface area contributed by atoms with Crippen LogP contribution in [-0.4, -0.2) is 37.2 Å². The van der Waals surface area contributed by atoms with Crippen LogP contribution in [0.2, 0.25) is 0 Å². The molecule has 0 saturated carbocycles. The molecule has 1 heterocycles. The van der Waals surface area contributed by atoms with Gasteiger partial charge in [0.25, 0.3) is 5.91 Å². The zero-order valence-electron chi connectivity index (χ0n) is 12.0. The Morgan fingerprint density at radius 2 is 2.24 bits per heavy atom. The Balaban J connectivity index is 1.98. The van der Waals surface area contributed by atoms with Crippen molar-refractivity contribution in [2.45, 2.75) is 32.0 Å². The summed E-state index contributed by atoms with van der Waals surface area (Å²) in [6, 6.07) is 6.64. The molecule has 0 aliphatic carbocycles. The molecule has 1 aromatic rings. The number of anilines is 1. The number of benzene rings is 1. The molecule has 6 heteroatoms. The van der Waals surface area contributed by atoms with Crippen LogP contribution in [0, 0.1) is 0 Å². The van der Waals surface area contributed by atoms with Gasteiger partial charge in [0.2, 0.25) is 0 Å². The summed E-state index contributed by atoms with van der Waals surface area (Å²) in [6.07, 6.45) is 0.916. The van der Waals surface area contributed by atoms with Crippen molar-refractivity contribution < 1.29 is 19.1 Å². The smallest absolute Gasteiger partial charge is 0.338 e. The van der Waals surface area contributed by atoms with Crippen LogP contribution >= 0.6 is 0 Å². The fourth-order valence-electron chi connectivity index (χ4n) is 2.23. The van der Waals surface area contributed by atoms with Crippen LogP contribution in [0.15, 0.2) is 24.3 Å². The number of carbonyl (C=O) groups excluding carboxylic acids is 2. The third-order valence-corrected chi connectivity index (χ3v) is 3.30. The van der Waals surface area contributed by atoms with E-state index in [1.54, 1.807) is 31.2 Å². The van der Waals surface area contributed by atoms with Crippen molar-refractivity contribution in [3.63, 3.8) is 0 Å². The number of nitrogens with one attached hydrogen (secondary N) is 1. The van der Waals surface area contributed by atoms with Crippen LogP contribution < -0.4 is 11.1 Å². The molecule has 0 aromatic heterocycles. The Morgan fingerprint density at radius 3 is 2.90 bits per heavy atom. The first-order valence-corrected chi connectivity index (χ1v) is 7.07. The molecule has 6 nitrogen and oxygen atoms in total. The standard InChI is InChI=1S/C15H20N2O4/c1-2-20-15(19)10-4-3-5-11(8-10)17-14(18)13-7-6-12(9-16)21-13/h3-5,8,12-13H,2,6-7,9,16H2,1H3,(H,17,18)/t12-,13+/m1/s1. The summed E-state index contributed by atoms with van der Waals surface area (Å²) < 4.78 is 10.5. The van der Waals surface area contributed by atoms with E-state index in [1.165, 1.54) is 0 Å². The highest BCUT2D eigenvalue weighted by atomic mass is 16.5. The Bertz CT molecular complexity index is 518. The zero-order valence-corrected chi connectivity index (χ0v) is 12.0. The SMILES string of the molecule is CCOC(=O)c1cccc(NC(=O)[C@@H]2CC[C@H](CN)O2)c1. The predicted molar refractivity (Wildman–Crippen MR) is 78.0 cm³/mol. The van der Waals surface area contributed by atoms with Gasteiger partial charge in [-0.05, 0) is 38.0 Å². The second-order valence-electron chi connectivity index (χ2n) is 4.85. The van der Waals surface area contributed by atoms with Gasteiger partial charge in [0.15, 0.2) is 0 Å². The van der Waals surface area contributed by atoms with E-state index in [9.17, 15) is 9.59 Å². The summed E-state index contributed by atoms with van der Waals surface area (Å²) in [6.45, 7) is 2.47. The topological polar surface area (TPSA) is 90.7 Å². The molecule has 114 valence electrons. The lowest BCUT2D eigenvalue weighted by Gasteiger charge is -2.13. The van der Waals surface area contributed by atoms with Crippen molar-refractivity contribution in [1.29, 1.82) is 0 Å². The molecule has 3 N–H and O–H groups in total. The summed E-state index contributed by atoms with van der Waals surface area (Å²) in [7, 11) is 0. The molecule has 1 aliphatic heterocycles. The fraction of sp³-hybridized carbons (Fsp3) is 0.467. The molecule has 1 aliphatic rings. The van der Waals surface area contributed by atoms with E-state index in [4.69, 9.17) is 15.2 Å². The number of ether oxygens (including phenoxy) is 2. The number of nitrogens with two attached hydrogens (primary N) is 1. The van der Waals surface area contributed by atoms with Gasteiger partial charge in [0, 0.05) is 12.2 Å². The molecule has 1 aromatic carbocycles.